The smallest absolute Gasteiger partial charge is 0.270 e. The van der Waals surface area contributed by atoms with E-state index in [1.165, 1.54) is 23.6 Å². The summed E-state index contributed by atoms with van der Waals surface area (Å²) in [7, 11) is 1.61. The number of thiocarbonyl (C=S) groups is 1. The van der Waals surface area contributed by atoms with Crippen LogP contribution in [0.3, 0.4) is 0 Å². The molecule has 5 nitrogen and oxygen atoms in total. The van der Waals surface area contributed by atoms with Gasteiger partial charge in [0.25, 0.3) is 5.91 Å². The highest BCUT2D eigenvalue weighted by Crippen LogP contribution is 2.36. The monoisotopic (exact) mass is 384 g/mol. The van der Waals surface area contributed by atoms with Gasteiger partial charge in [-0.1, -0.05) is 36.1 Å². The van der Waals surface area contributed by atoms with Gasteiger partial charge in [-0.25, -0.2) is 0 Å². The number of hydrogen-bond donors (Lipinski definition) is 1. The van der Waals surface area contributed by atoms with Crippen molar-refractivity contribution in [2.24, 2.45) is 0 Å². The molecule has 1 N–H and O–H groups in total. The lowest BCUT2D eigenvalue weighted by Crippen LogP contribution is -2.27. The van der Waals surface area contributed by atoms with E-state index in [9.17, 15) is 9.59 Å². The quantitative estimate of drug-likeness (QED) is 0.636. The highest BCUT2D eigenvalue weighted by molar-refractivity contribution is 8.27. The SMILES string of the molecule is COc1ccc(/C=C2/SC(=S)N(c3ccc(NC(C)=O)cc3)C2=O)cc1. The van der Waals surface area contributed by atoms with Crippen molar-refractivity contribution in [3.05, 3.63) is 59.0 Å². The predicted octanol–water partition coefficient (Wildman–Crippen LogP) is 4.06. The van der Waals surface area contributed by atoms with Crippen LogP contribution in [0.4, 0.5) is 11.4 Å². The van der Waals surface area contributed by atoms with Gasteiger partial charge < -0.3 is 10.1 Å². The fraction of sp³-hybridized carbons (Fsp3) is 0.105. The number of nitrogens with zero attached hydrogens (tertiary/aromatic N) is 1. The van der Waals surface area contributed by atoms with Crippen LogP contribution in [0, 0.1) is 0 Å². The zero-order valence-corrected chi connectivity index (χ0v) is 15.8. The summed E-state index contributed by atoms with van der Waals surface area (Å²) in [6, 6.07) is 14.4. The number of benzene rings is 2. The third kappa shape index (κ3) is 3.95. The molecule has 2 aromatic rings. The predicted molar refractivity (Wildman–Crippen MR) is 109 cm³/mol. The van der Waals surface area contributed by atoms with Crippen LogP contribution in [0.15, 0.2) is 53.4 Å². The van der Waals surface area contributed by atoms with E-state index in [1.807, 2.05) is 30.3 Å². The number of methoxy groups -OCH3 is 1. The first-order valence-electron chi connectivity index (χ1n) is 7.77. The van der Waals surface area contributed by atoms with Gasteiger partial charge in [0.1, 0.15) is 5.75 Å². The molecule has 0 spiro atoms. The Labute approximate surface area is 161 Å². The fourth-order valence-corrected chi connectivity index (χ4v) is 3.74. The van der Waals surface area contributed by atoms with E-state index < -0.39 is 0 Å². The molecule has 1 saturated heterocycles. The van der Waals surface area contributed by atoms with E-state index in [1.54, 1.807) is 31.4 Å². The molecule has 7 heteroatoms. The molecule has 1 aliphatic rings. The van der Waals surface area contributed by atoms with Crippen molar-refractivity contribution >= 4 is 57.6 Å². The van der Waals surface area contributed by atoms with E-state index in [-0.39, 0.29) is 11.8 Å². The Balaban J connectivity index is 1.81. The van der Waals surface area contributed by atoms with E-state index in [0.717, 1.165) is 11.3 Å². The summed E-state index contributed by atoms with van der Waals surface area (Å²) in [6.07, 6.45) is 1.81. The first kappa shape index (κ1) is 18.2. The van der Waals surface area contributed by atoms with Gasteiger partial charge in [0.15, 0.2) is 4.32 Å². The molecule has 2 amide bonds. The first-order chi connectivity index (χ1) is 12.5. The van der Waals surface area contributed by atoms with Crippen LogP contribution in [0.2, 0.25) is 0 Å². The molecular weight excluding hydrogens is 368 g/mol. The molecular formula is C19H16N2O3S2. The molecule has 132 valence electrons. The van der Waals surface area contributed by atoms with Crippen molar-refractivity contribution in [2.75, 3.05) is 17.3 Å². The van der Waals surface area contributed by atoms with Crippen LogP contribution in [-0.4, -0.2) is 23.2 Å². The molecule has 0 atom stereocenters. The lowest BCUT2D eigenvalue weighted by atomic mass is 10.2. The summed E-state index contributed by atoms with van der Waals surface area (Å²) in [6.45, 7) is 1.44. The highest BCUT2D eigenvalue weighted by atomic mass is 32.2. The van der Waals surface area contributed by atoms with Gasteiger partial charge in [-0.3, -0.25) is 14.5 Å². The number of ether oxygens (including phenoxy) is 1. The molecule has 1 heterocycles. The lowest BCUT2D eigenvalue weighted by Gasteiger charge is -2.15. The molecule has 1 fully saturated rings. The third-order valence-electron chi connectivity index (χ3n) is 3.65. The number of carbonyl (C=O) groups is 2. The molecule has 2 aromatic carbocycles. The minimum absolute atomic E-state index is 0.147. The maximum absolute atomic E-state index is 12.8. The summed E-state index contributed by atoms with van der Waals surface area (Å²) in [5, 5.41) is 2.69. The van der Waals surface area contributed by atoms with Crippen molar-refractivity contribution in [2.45, 2.75) is 6.92 Å². The number of hydrogen-bond acceptors (Lipinski definition) is 5. The summed E-state index contributed by atoms with van der Waals surface area (Å²) in [5.41, 5.74) is 2.23. The number of anilines is 2. The maximum Gasteiger partial charge on any atom is 0.270 e. The van der Waals surface area contributed by atoms with Crippen molar-refractivity contribution in [3.63, 3.8) is 0 Å². The van der Waals surface area contributed by atoms with Gasteiger partial charge in [0, 0.05) is 12.6 Å². The maximum atomic E-state index is 12.8. The largest absolute Gasteiger partial charge is 0.497 e. The van der Waals surface area contributed by atoms with Gasteiger partial charge in [0.05, 0.1) is 17.7 Å². The average molecular weight is 384 g/mol. The third-order valence-corrected chi connectivity index (χ3v) is 4.96. The Bertz CT molecular complexity index is 890. The Hall–Kier alpha value is -2.64. The van der Waals surface area contributed by atoms with Crippen LogP contribution in [0.5, 0.6) is 5.75 Å². The van der Waals surface area contributed by atoms with Gasteiger partial charge >= 0.3 is 0 Å². The Morgan fingerprint density at radius 3 is 2.38 bits per heavy atom. The second kappa shape index (κ2) is 7.72. The molecule has 1 aliphatic heterocycles. The topological polar surface area (TPSA) is 58.6 Å². The normalized spacial score (nSPS) is 15.5. The Morgan fingerprint density at radius 2 is 1.81 bits per heavy atom. The van der Waals surface area contributed by atoms with Crippen LogP contribution >= 0.6 is 24.0 Å². The fourth-order valence-electron chi connectivity index (χ4n) is 2.44. The van der Waals surface area contributed by atoms with Gasteiger partial charge in [-0.2, -0.15) is 0 Å². The number of rotatable bonds is 4. The van der Waals surface area contributed by atoms with Crippen LogP contribution in [0.25, 0.3) is 6.08 Å². The van der Waals surface area contributed by atoms with Crippen molar-refractivity contribution in [1.82, 2.24) is 0 Å². The Morgan fingerprint density at radius 1 is 1.15 bits per heavy atom. The van der Waals surface area contributed by atoms with E-state index in [2.05, 4.69) is 5.32 Å². The molecule has 0 bridgehead atoms. The first-order valence-corrected chi connectivity index (χ1v) is 9.00. The molecule has 0 radical (unpaired) electrons. The zero-order chi connectivity index (χ0) is 18.7. The van der Waals surface area contributed by atoms with E-state index >= 15 is 0 Å². The minimum atomic E-state index is -0.164. The number of amides is 2. The number of carbonyl (C=O) groups excluding carboxylic acids is 2. The van der Waals surface area contributed by atoms with Crippen LogP contribution in [-0.2, 0) is 9.59 Å². The second-order valence-electron chi connectivity index (χ2n) is 5.52. The highest BCUT2D eigenvalue weighted by Gasteiger charge is 2.33. The number of nitrogens with one attached hydrogen (secondary N) is 1. The Kier molecular flexibility index (Phi) is 5.39. The molecule has 0 unspecified atom stereocenters. The molecule has 0 saturated carbocycles. The molecule has 0 aliphatic carbocycles. The molecule has 0 aromatic heterocycles. The van der Waals surface area contributed by atoms with Crippen molar-refractivity contribution in [1.29, 1.82) is 0 Å². The minimum Gasteiger partial charge on any atom is -0.497 e. The lowest BCUT2D eigenvalue weighted by molar-refractivity contribution is -0.114. The standard InChI is InChI=1S/C19H16N2O3S2/c1-12(22)20-14-5-7-15(8-6-14)21-18(23)17(26-19(21)25)11-13-3-9-16(24-2)10-4-13/h3-11H,1-2H3,(H,20,22)/b17-11+. The molecule has 26 heavy (non-hydrogen) atoms. The van der Waals surface area contributed by atoms with Gasteiger partial charge in [-0.05, 0) is 48.0 Å². The van der Waals surface area contributed by atoms with Crippen molar-refractivity contribution < 1.29 is 14.3 Å². The average Bonchev–Trinajstić information content (AvgIpc) is 2.89. The summed E-state index contributed by atoms with van der Waals surface area (Å²) >= 11 is 6.64. The van der Waals surface area contributed by atoms with Gasteiger partial charge in [-0.15, -0.1) is 0 Å². The van der Waals surface area contributed by atoms with Crippen molar-refractivity contribution in [3.8, 4) is 5.75 Å². The van der Waals surface area contributed by atoms with E-state index in [0.29, 0.717) is 20.6 Å². The second-order valence-corrected chi connectivity index (χ2v) is 7.19. The summed E-state index contributed by atoms with van der Waals surface area (Å²) < 4.78 is 5.61. The number of thioether (sulfide) groups is 1. The molecule has 3 rings (SSSR count). The van der Waals surface area contributed by atoms with Gasteiger partial charge in [0.2, 0.25) is 5.91 Å². The van der Waals surface area contributed by atoms with Crippen LogP contribution < -0.4 is 15.0 Å². The summed E-state index contributed by atoms with van der Waals surface area (Å²) in [4.78, 5) is 25.9. The zero-order valence-electron chi connectivity index (χ0n) is 14.2. The van der Waals surface area contributed by atoms with E-state index in [4.69, 9.17) is 17.0 Å². The summed E-state index contributed by atoms with van der Waals surface area (Å²) in [5.74, 6) is 0.447. The van der Waals surface area contributed by atoms with Crippen LogP contribution in [0.1, 0.15) is 12.5 Å².